The van der Waals surface area contributed by atoms with E-state index >= 15 is 0 Å². The maximum atomic E-state index is 12.5. The lowest BCUT2D eigenvalue weighted by Gasteiger charge is -2.05. The molecule has 1 heterocycles. The summed E-state index contributed by atoms with van der Waals surface area (Å²) in [6, 6.07) is 12.4. The van der Waals surface area contributed by atoms with E-state index in [-0.39, 0.29) is 11.3 Å². The smallest absolute Gasteiger partial charge is 0.282 e. The summed E-state index contributed by atoms with van der Waals surface area (Å²) in [7, 11) is 0. The molecule has 3 aromatic rings. The summed E-state index contributed by atoms with van der Waals surface area (Å²) in [5.41, 5.74) is 1.92. The highest BCUT2D eigenvalue weighted by atomic mass is 16.3. The third-order valence-corrected chi connectivity index (χ3v) is 3.41. The number of benzene rings is 2. The zero-order valence-electron chi connectivity index (χ0n) is 12.3. The third kappa shape index (κ3) is 2.48. The molecule has 2 aromatic carbocycles. The average molecular weight is 293 g/mol. The second-order valence-electron chi connectivity index (χ2n) is 5.10. The van der Waals surface area contributed by atoms with Gasteiger partial charge in [-0.25, -0.2) is 4.98 Å². The van der Waals surface area contributed by atoms with Gasteiger partial charge < -0.3 is 5.11 Å². The van der Waals surface area contributed by atoms with Crippen LogP contribution in [0, 0.1) is 13.8 Å². The van der Waals surface area contributed by atoms with E-state index in [9.17, 15) is 9.90 Å². The molecule has 3 rings (SSSR count). The van der Waals surface area contributed by atoms with Gasteiger partial charge in [0.1, 0.15) is 11.6 Å². The van der Waals surface area contributed by atoms with E-state index in [1.54, 1.807) is 37.3 Å². The Morgan fingerprint density at radius 2 is 1.95 bits per heavy atom. The average Bonchev–Trinajstić information content (AvgIpc) is 2.49. The van der Waals surface area contributed by atoms with Crippen LogP contribution in [0.4, 0.5) is 0 Å². The number of fused-ring (bicyclic) bond motifs is 1. The first kappa shape index (κ1) is 14.0. The van der Waals surface area contributed by atoms with Gasteiger partial charge >= 0.3 is 0 Å². The third-order valence-electron chi connectivity index (χ3n) is 3.41. The minimum absolute atomic E-state index is 0.128. The summed E-state index contributed by atoms with van der Waals surface area (Å²) >= 11 is 0. The molecule has 110 valence electrons. The number of hydrogen-bond donors (Lipinski definition) is 1. The van der Waals surface area contributed by atoms with Crippen molar-refractivity contribution in [1.29, 1.82) is 0 Å². The Labute approximate surface area is 127 Å². The van der Waals surface area contributed by atoms with Crippen molar-refractivity contribution < 1.29 is 5.11 Å². The van der Waals surface area contributed by atoms with Crippen molar-refractivity contribution in [3.05, 3.63) is 69.8 Å². The lowest BCUT2D eigenvalue weighted by atomic mass is 10.1. The number of rotatable bonds is 2. The zero-order valence-corrected chi connectivity index (χ0v) is 12.3. The number of aromatic nitrogens is 2. The van der Waals surface area contributed by atoms with E-state index in [1.165, 1.54) is 10.9 Å². The molecule has 0 bridgehead atoms. The molecule has 0 amide bonds. The number of para-hydroxylation sites is 1. The van der Waals surface area contributed by atoms with E-state index in [4.69, 9.17) is 0 Å². The standard InChI is InChI=1S/C17H15N3O2/c1-11-7-8-13(16(21)9-11)10-18-20-12(2)19-15-6-4-3-5-14(15)17(20)22/h3-10,21H,1-2H3. The van der Waals surface area contributed by atoms with Gasteiger partial charge in [0.2, 0.25) is 0 Å². The largest absolute Gasteiger partial charge is 0.507 e. The lowest BCUT2D eigenvalue weighted by molar-refractivity contribution is 0.474. The van der Waals surface area contributed by atoms with Crippen molar-refractivity contribution in [3.63, 3.8) is 0 Å². The van der Waals surface area contributed by atoms with Crippen molar-refractivity contribution in [2.45, 2.75) is 13.8 Å². The maximum Gasteiger partial charge on any atom is 0.282 e. The lowest BCUT2D eigenvalue weighted by Crippen LogP contribution is -2.20. The Bertz CT molecular complexity index is 942. The second-order valence-corrected chi connectivity index (χ2v) is 5.10. The fraction of sp³-hybridized carbons (Fsp3) is 0.118. The summed E-state index contributed by atoms with van der Waals surface area (Å²) in [5.74, 6) is 0.620. The molecule has 0 aliphatic rings. The predicted molar refractivity (Wildman–Crippen MR) is 86.6 cm³/mol. The molecule has 1 aromatic heterocycles. The molecule has 0 aliphatic carbocycles. The molecule has 0 saturated carbocycles. The fourth-order valence-electron chi connectivity index (χ4n) is 2.25. The van der Waals surface area contributed by atoms with E-state index in [2.05, 4.69) is 10.1 Å². The molecular weight excluding hydrogens is 278 g/mol. The van der Waals surface area contributed by atoms with Gasteiger partial charge in [-0.1, -0.05) is 18.2 Å². The normalized spacial score (nSPS) is 11.4. The highest BCUT2D eigenvalue weighted by Crippen LogP contribution is 2.16. The second kappa shape index (κ2) is 5.44. The van der Waals surface area contributed by atoms with Crippen LogP contribution in [0.3, 0.4) is 0 Å². The van der Waals surface area contributed by atoms with Gasteiger partial charge in [0.25, 0.3) is 5.56 Å². The molecule has 0 atom stereocenters. The van der Waals surface area contributed by atoms with Crippen LogP contribution in [-0.2, 0) is 0 Å². The predicted octanol–water partition coefficient (Wildman–Crippen LogP) is 2.60. The van der Waals surface area contributed by atoms with Crippen LogP contribution in [0.5, 0.6) is 5.75 Å². The first-order chi connectivity index (χ1) is 10.6. The van der Waals surface area contributed by atoms with Gasteiger partial charge in [-0.3, -0.25) is 4.79 Å². The fourth-order valence-corrected chi connectivity index (χ4v) is 2.25. The van der Waals surface area contributed by atoms with Crippen LogP contribution in [0.15, 0.2) is 52.4 Å². The Morgan fingerprint density at radius 1 is 1.18 bits per heavy atom. The number of nitrogens with zero attached hydrogens (tertiary/aromatic N) is 3. The number of aromatic hydroxyl groups is 1. The molecule has 0 radical (unpaired) electrons. The van der Waals surface area contributed by atoms with E-state index in [0.29, 0.717) is 22.3 Å². The monoisotopic (exact) mass is 293 g/mol. The van der Waals surface area contributed by atoms with Crippen LogP contribution in [0.1, 0.15) is 17.0 Å². The van der Waals surface area contributed by atoms with Crippen LogP contribution in [0.25, 0.3) is 10.9 Å². The number of aryl methyl sites for hydroxylation is 2. The van der Waals surface area contributed by atoms with Gasteiger partial charge in [0.15, 0.2) is 0 Å². The van der Waals surface area contributed by atoms with E-state index < -0.39 is 0 Å². The minimum Gasteiger partial charge on any atom is -0.507 e. The molecular formula is C17H15N3O2. The quantitative estimate of drug-likeness (QED) is 0.738. The molecule has 0 unspecified atom stereocenters. The molecule has 0 aliphatic heterocycles. The highest BCUT2D eigenvalue weighted by Gasteiger charge is 2.06. The zero-order chi connectivity index (χ0) is 15.7. The van der Waals surface area contributed by atoms with Gasteiger partial charge in [0, 0.05) is 5.56 Å². The van der Waals surface area contributed by atoms with Gasteiger partial charge in [-0.2, -0.15) is 9.78 Å². The molecule has 0 saturated heterocycles. The highest BCUT2D eigenvalue weighted by molar-refractivity contribution is 5.83. The van der Waals surface area contributed by atoms with E-state index in [1.807, 2.05) is 19.1 Å². The molecule has 5 heteroatoms. The van der Waals surface area contributed by atoms with Crippen LogP contribution < -0.4 is 5.56 Å². The SMILES string of the molecule is Cc1ccc(C=Nn2c(C)nc3ccccc3c2=O)c(O)c1. The summed E-state index contributed by atoms with van der Waals surface area (Å²) < 4.78 is 1.24. The van der Waals surface area contributed by atoms with Crippen molar-refractivity contribution in [1.82, 2.24) is 9.66 Å². The summed E-state index contributed by atoms with van der Waals surface area (Å²) in [6.07, 6.45) is 1.46. The maximum absolute atomic E-state index is 12.5. The minimum atomic E-state index is -0.231. The summed E-state index contributed by atoms with van der Waals surface area (Å²) in [5, 5.41) is 14.6. The first-order valence-electron chi connectivity index (χ1n) is 6.88. The molecule has 1 N–H and O–H groups in total. The molecule has 0 fully saturated rings. The van der Waals surface area contributed by atoms with E-state index in [0.717, 1.165) is 5.56 Å². The topological polar surface area (TPSA) is 67.5 Å². The number of phenolic OH excluding ortho intramolecular Hbond substituents is 1. The first-order valence-corrected chi connectivity index (χ1v) is 6.88. The van der Waals surface area contributed by atoms with Crippen molar-refractivity contribution in [2.75, 3.05) is 0 Å². The number of hydrogen-bond acceptors (Lipinski definition) is 4. The molecule has 5 nitrogen and oxygen atoms in total. The van der Waals surface area contributed by atoms with Gasteiger partial charge in [-0.15, -0.1) is 0 Å². The van der Waals surface area contributed by atoms with Gasteiger partial charge in [0.05, 0.1) is 17.1 Å². The van der Waals surface area contributed by atoms with Crippen molar-refractivity contribution in [3.8, 4) is 5.75 Å². The molecule has 0 spiro atoms. The molecule has 22 heavy (non-hydrogen) atoms. The Kier molecular flexibility index (Phi) is 3.47. The Hall–Kier alpha value is -2.95. The van der Waals surface area contributed by atoms with Crippen LogP contribution in [0.2, 0.25) is 0 Å². The van der Waals surface area contributed by atoms with Crippen molar-refractivity contribution in [2.24, 2.45) is 5.10 Å². The number of phenols is 1. The van der Waals surface area contributed by atoms with Crippen LogP contribution in [-0.4, -0.2) is 21.0 Å². The van der Waals surface area contributed by atoms with Crippen LogP contribution >= 0.6 is 0 Å². The van der Waals surface area contributed by atoms with Crippen molar-refractivity contribution >= 4 is 17.1 Å². The Morgan fingerprint density at radius 3 is 2.73 bits per heavy atom. The Balaban J connectivity index is 2.11. The summed E-state index contributed by atoms with van der Waals surface area (Å²) in [4.78, 5) is 16.8. The summed E-state index contributed by atoms with van der Waals surface area (Å²) in [6.45, 7) is 3.61. The van der Waals surface area contributed by atoms with Gasteiger partial charge in [-0.05, 0) is 43.7 Å².